The molecule has 65 heavy (non-hydrogen) atoms. The number of aliphatic hydroxyl groups excluding tert-OH is 1. The molecule has 8 heteroatoms. The van der Waals surface area contributed by atoms with Gasteiger partial charge in [0, 0.05) is 50.4 Å². The molecular weight excluding hydrogens is 994 g/mol. The minimum atomic E-state index is -4.33. The number of aryl methyl sites for hydroxylation is 4. The first-order valence-corrected chi connectivity index (χ1v) is 23.2. The number of alkyl halides is 3. The number of ketones is 1. The van der Waals surface area contributed by atoms with E-state index in [0.717, 1.165) is 66.8 Å². The van der Waals surface area contributed by atoms with Gasteiger partial charge in [0.1, 0.15) is 0 Å². The quantitative estimate of drug-likeness (QED) is 0.0798. The molecule has 1 unspecified atom stereocenters. The van der Waals surface area contributed by atoms with E-state index in [2.05, 4.69) is 104 Å². The maximum absolute atomic E-state index is 12.3. The first-order valence-electron chi connectivity index (χ1n) is 24.7. The van der Waals surface area contributed by atoms with Crippen LogP contribution in [0.3, 0.4) is 0 Å². The van der Waals surface area contributed by atoms with Gasteiger partial charge in [0.05, 0.1) is 16.3 Å². The number of carbonyl (C=O) groups excluding carboxylic acids is 1. The Morgan fingerprint density at radius 3 is 1.63 bits per heavy atom. The zero-order valence-corrected chi connectivity index (χ0v) is 41.3. The average molecular weight is 1060 g/mol. The van der Waals surface area contributed by atoms with E-state index >= 15 is 0 Å². The Morgan fingerprint density at radius 1 is 0.708 bits per heavy atom. The van der Waals surface area contributed by atoms with Crippen molar-refractivity contribution < 1.29 is 47.3 Å². The van der Waals surface area contributed by atoms with Crippen LogP contribution in [0.15, 0.2) is 97.0 Å². The molecule has 1 N–H and O–H groups in total. The fourth-order valence-corrected chi connectivity index (χ4v) is 9.51. The third-order valence-electron chi connectivity index (χ3n) is 12.9. The number of pyridine rings is 2. The van der Waals surface area contributed by atoms with Crippen LogP contribution in [0.4, 0.5) is 13.2 Å². The molecule has 0 aliphatic heterocycles. The summed E-state index contributed by atoms with van der Waals surface area (Å²) in [5.41, 5.74) is 10.8. The summed E-state index contributed by atoms with van der Waals surface area (Å²) in [6, 6.07) is 30.4. The summed E-state index contributed by atoms with van der Waals surface area (Å²) in [5.74, 6) is -0.709. The second kappa shape index (κ2) is 23.7. The molecule has 2 aliphatic carbocycles. The van der Waals surface area contributed by atoms with E-state index in [1.165, 1.54) is 68.1 Å². The SMILES string of the molecule is CCC(CC)C(=O)/C=C(\O)C(CC)CC(F)(F)F.[2H]c1cc2cc(C3CCCC3)ccc2c(-c2[c-]c(C)cc(C)c2)n1.[2H]c1nc(-c2[c-]c(C)cc(C)c2)c2ccc(C3CCCC3)cc2c1[2H].[Ir]. The first kappa shape index (κ1) is 46.9. The van der Waals surface area contributed by atoms with E-state index in [4.69, 9.17) is 4.11 Å². The van der Waals surface area contributed by atoms with Gasteiger partial charge in [0.15, 0.2) is 5.78 Å². The van der Waals surface area contributed by atoms with Crippen molar-refractivity contribution in [3.63, 3.8) is 0 Å². The Bertz CT molecular complexity index is 2680. The Balaban J connectivity index is 0.000000193. The number of allylic oxidation sites excluding steroid dienone is 2. The molecule has 8 rings (SSSR count). The Labute approximate surface area is 403 Å². The first-order chi connectivity index (χ1) is 31.9. The van der Waals surface area contributed by atoms with Crippen molar-refractivity contribution in [3.8, 4) is 22.5 Å². The van der Waals surface area contributed by atoms with Crippen LogP contribution >= 0.6 is 0 Å². The van der Waals surface area contributed by atoms with E-state index in [-0.39, 0.29) is 50.4 Å². The van der Waals surface area contributed by atoms with Crippen LogP contribution in [0, 0.1) is 51.7 Å². The molecule has 2 saturated carbocycles. The van der Waals surface area contributed by atoms with Gasteiger partial charge in [-0.1, -0.05) is 111 Å². The van der Waals surface area contributed by atoms with Gasteiger partial charge in [-0.2, -0.15) is 13.2 Å². The van der Waals surface area contributed by atoms with Crippen molar-refractivity contribution in [1.82, 2.24) is 9.97 Å². The molecule has 0 saturated heterocycles. The van der Waals surface area contributed by atoms with Gasteiger partial charge in [-0.05, 0) is 113 Å². The van der Waals surface area contributed by atoms with Crippen molar-refractivity contribution in [2.45, 2.75) is 144 Å². The van der Waals surface area contributed by atoms with Crippen LogP contribution in [-0.2, 0) is 24.9 Å². The molecule has 1 atom stereocenters. The van der Waals surface area contributed by atoms with Crippen molar-refractivity contribution in [2.24, 2.45) is 11.8 Å². The largest absolute Gasteiger partial charge is 0.512 e. The van der Waals surface area contributed by atoms with Crippen molar-refractivity contribution in [1.29, 1.82) is 0 Å². The van der Waals surface area contributed by atoms with Crippen molar-refractivity contribution >= 4 is 27.3 Å². The summed E-state index contributed by atoms with van der Waals surface area (Å²) in [5, 5.41) is 13.7. The standard InChI is InChI=1S/2C22H22N.C13H21F3O2.Ir/c2*1-15-11-16(2)13-20(12-15)22-21-8-7-18(17-5-3-4-6-17)14-19(21)9-10-23-22;1-4-9(5-2)11(17)7-12(18)10(6-3)8-13(14,15)16;/h2*7-12,14,17H,3-6H2,1-2H3;7,9-10,18H,4-6,8H2,1-3H3;/q2*-1;;/b;;12-7-;/i9D,10D;10D;;. The molecule has 4 nitrogen and oxygen atoms in total. The van der Waals surface area contributed by atoms with Gasteiger partial charge >= 0.3 is 6.18 Å². The molecule has 2 aromatic heterocycles. The fourth-order valence-electron chi connectivity index (χ4n) is 9.51. The molecule has 0 bridgehead atoms. The molecular formula is C57H65F3IrN2O2-2. The minimum Gasteiger partial charge on any atom is -0.512 e. The summed E-state index contributed by atoms with van der Waals surface area (Å²) < 4.78 is 61.4. The maximum atomic E-state index is 12.3. The number of benzene rings is 4. The van der Waals surface area contributed by atoms with Gasteiger partial charge in [-0.15, -0.1) is 69.8 Å². The third kappa shape index (κ3) is 13.9. The summed E-state index contributed by atoms with van der Waals surface area (Å²) in [6.45, 7) is 13.5. The number of hydrogen-bond acceptors (Lipinski definition) is 4. The molecule has 0 spiro atoms. The molecule has 0 amide bonds. The summed E-state index contributed by atoms with van der Waals surface area (Å²) >= 11 is 0. The van der Waals surface area contributed by atoms with Crippen LogP contribution in [0.1, 0.15) is 147 Å². The topological polar surface area (TPSA) is 63.1 Å². The van der Waals surface area contributed by atoms with Crippen LogP contribution in [-0.4, -0.2) is 27.0 Å². The molecule has 1 radical (unpaired) electrons. The summed E-state index contributed by atoms with van der Waals surface area (Å²) in [6.07, 6.45) is 7.61. The molecule has 2 heterocycles. The van der Waals surface area contributed by atoms with Crippen LogP contribution in [0.5, 0.6) is 0 Å². The number of aromatic nitrogens is 2. The second-order valence-electron chi connectivity index (χ2n) is 18.0. The predicted octanol–water partition coefficient (Wildman–Crippen LogP) is 16.4. The zero-order chi connectivity index (χ0) is 48.6. The van der Waals surface area contributed by atoms with Crippen molar-refractivity contribution in [2.75, 3.05) is 0 Å². The normalized spacial score (nSPS) is 15.7. The predicted molar refractivity (Wildman–Crippen MR) is 258 cm³/mol. The monoisotopic (exact) mass is 1060 g/mol. The minimum absolute atomic E-state index is 0. The van der Waals surface area contributed by atoms with Gasteiger partial charge in [0.2, 0.25) is 0 Å². The number of hydrogen-bond donors (Lipinski definition) is 1. The van der Waals surface area contributed by atoms with Crippen LogP contribution < -0.4 is 0 Å². The Kier molecular flexibility index (Phi) is 17.1. The molecule has 2 aliphatic rings. The molecule has 347 valence electrons. The second-order valence-corrected chi connectivity index (χ2v) is 18.0. The number of aliphatic hydroxyl groups is 1. The molecule has 4 aromatic carbocycles. The van der Waals surface area contributed by atoms with Crippen molar-refractivity contribution in [3.05, 3.63) is 142 Å². The average Bonchev–Trinajstić information content (AvgIpc) is 4.03. The number of rotatable bonds is 11. The number of halogens is 3. The number of nitrogens with zero attached hydrogens (tertiary/aromatic N) is 2. The van der Waals surface area contributed by atoms with E-state index in [0.29, 0.717) is 30.9 Å². The smallest absolute Gasteiger partial charge is 0.389 e. The summed E-state index contributed by atoms with van der Waals surface area (Å²) in [4.78, 5) is 20.6. The molecule has 6 aromatic rings. The van der Waals surface area contributed by atoms with Crippen LogP contribution in [0.25, 0.3) is 44.1 Å². The molecule has 2 fully saturated rings. The maximum Gasteiger partial charge on any atom is 0.389 e. The fraction of sp³-hybridized carbons (Fsp3) is 0.421. The number of fused-ring (bicyclic) bond motifs is 2. The van der Waals surface area contributed by atoms with E-state index in [1.54, 1.807) is 6.92 Å². The summed E-state index contributed by atoms with van der Waals surface area (Å²) in [7, 11) is 0. The van der Waals surface area contributed by atoms with E-state index in [9.17, 15) is 23.1 Å². The Hall–Kier alpha value is -4.65. The van der Waals surface area contributed by atoms with E-state index in [1.807, 2.05) is 26.8 Å². The van der Waals surface area contributed by atoms with Gasteiger partial charge < -0.3 is 15.1 Å². The Morgan fingerprint density at radius 2 is 1.17 bits per heavy atom. The zero-order valence-electron chi connectivity index (χ0n) is 41.9. The van der Waals surface area contributed by atoms with Gasteiger partial charge in [-0.25, -0.2) is 0 Å². The van der Waals surface area contributed by atoms with E-state index < -0.39 is 24.3 Å². The van der Waals surface area contributed by atoms with Gasteiger partial charge in [-0.3, -0.25) is 4.79 Å². The third-order valence-corrected chi connectivity index (χ3v) is 12.9. The number of carbonyl (C=O) groups is 1. The van der Waals surface area contributed by atoms with Gasteiger partial charge in [0.25, 0.3) is 0 Å². The van der Waals surface area contributed by atoms with Crippen LogP contribution in [0.2, 0.25) is 0 Å².